The summed E-state index contributed by atoms with van der Waals surface area (Å²) in [6.45, 7) is 20.5. The molecular weight excluding hydrogens is 470 g/mol. The molecule has 0 spiro atoms. The van der Waals surface area contributed by atoms with Gasteiger partial charge in [0.2, 0.25) is 0 Å². The summed E-state index contributed by atoms with van der Waals surface area (Å²) in [6, 6.07) is 7.79. The van der Waals surface area contributed by atoms with Gasteiger partial charge in [-0.2, -0.15) is 0 Å². The second-order valence-corrected chi connectivity index (χ2v) is 22.6. The van der Waals surface area contributed by atoms with Gasteiger partial charge in [0.25, 0.3) is 0 Å². The Morgan fingerprint density at radius 1 is 1.10 bits per heavy atom. The van der Waals surface area contributed by atoms with Crippen molar-refractivity contribution in [1.82, 2.24) is 13.8 Å². The number of rotatable bonds is 7. The largest absolute Gasteiger partial charge is 0.373 e. The van der Waals surface area contributed by atoms with Gasteiger partial charge in [-0.15, -0.1) is 0 Å². The van der Waals surface area contributed by atoms with Crippen LogP contribution in [0.3, 0.4) is 0 Å². The summed E-state index contributed by atoms with van der Waals surface area (Å²) in [5.74, 6) is 0. The Labute approximate surface area is 191 Å². The number of halogens is 1. The van der Waals surface area contributed by atoms with E-state index < -0.39 is 16.3 Å². The molecule has 0 atom stereocenters. The normalized spacial score (nSPS) is 13.4. The molecule has 0 unspecified atom stereocenters. The van der Waals surface area contributed by atoms with E-state index in [1.165, 1.54) is 22.5 Å². The third-order valence-electron chi connectivity index (χ3n) is 6.42. The minimum atomic E-state index is -1.79. The molecular formula is C23H36BrN3OSi2. The van der Waals surface area contributed by atoms with Crippen LogP contribution in [0.5, 0.6) is 0 Å². The molecule has 0 bridgehead atoms. The van der Waals surface area contributed by atoms with Crippen LogP contribution in [-0.4, -0.2) is 36.7 Å². The number of fused-ring (bicyclic) bond motifs is 1. The lowest BCUT2D eigenvalue weighted by molar-refractivity contribution is 0.0882. The van der Waals surface area contributed by atoms with Gasteiger partial charge < -0.3 is 13.5 Å². The van der Waals surface area contributed by atoms with Crippen molar-refractivity contribution in [1.29, 1.82) is 0 Å². The first-order chi connectivity index (χ1) is 13.8. The molecule has 30 heavy (non-hydrogen) atoms. The fraction of sp³-hybridized carbons (Fsp3) is 0.522. The van der Waals surface area contributed by atoms with Gasteiger partial charge in [0.15, 0.2) is 8.24 Å². The average molecular weight is 507 g/mol. The van der Waals surface area contributed by atoms with Crippen molar-refractivity contribution in [2.75, 3.05) is 6.61 Å². The third-order valence-corrected chi connectivity index (χ3v) is 13.9. The minimum absolute atomic E-state index is 0.235. The van der Waals surface area contributed by atoms with E-state index in [-0.39, 0.29) is 5.04 Å². The van der Waals surface area contributed by atoms with Gasteiger partial charge >= 0.3 is 0 Å². The first kappa shape index (κ1) is 23.5. The van der Waals surface area contributed by atoms with Crippen LogP contribution in [0.4, 0.5) is 0 Å². The maximum atomic E-state index is 6.03. The first-order valence-corrected chi connectivity index (χ1v) is 18.2. The highest BCUT2D eigenvalue weighted by atomic mass is 79.9. The van der Waals surface area contributed by atoms with Crippen LogP contribution in [0.2, 0.25) is 43.8 Å². The molecule has 2 aromatic heterocycles. The summed E-state index contributed by atoms with van der Waals surface area (Å²) in [6.07, 6.45) is 6.21. The van der Waals surface area contributed by atoms with Crippen molar-refractivity contribution in [2.45, 2.75) is 71.3 Å². The maximum Gasteiger partial charge on any atom is 0.161 e. The number of hydrogen-bond acceptors (Lipinski definition) is 2. The van der Waals surface area contributed by atoms with E-state index in [1.54, 1.807) is 0 Å². The average Bonchev–Trinajstić information content (AvgIpc) is 3.20. The summed E-state index contributed by atoms with van der Waals surface area (Å²) in [5, 5.41) is 1.51. The van der Waals surface area contributed by atoms with Crippen LogP contribution < -0.4 is 0 Å². The Morgan fingerprint density at radius 3 is 2.43 bits per heavy atom. The van der Waals surface area contributed by atoms with Gasteiger partial charge in [0.1, 0.15) is 6.73 Å². The molecule has 0 radical (unpaired) electrons. The van der Waals surface area contributed by atoms with Crippen molar-refractivity contribution in [3.63, 3.8) is 0 Å². The molecule has 0 aliphatic rings. The standard InChI is InChI=1S/C23H36BrN3OSi2/c1-23(2,3)30(7,8)27-15-20(19-10-9-18(24)13-21(19)27)22-14-25-16-26(22)17-28-11-12-29(4,5)6/h9-10,13-16H,11-12,17H2,1-8H3. The summed E-state index contributed by atoms with van der Waals surface area (Å²) < 4.78 is 11.8. The second-order valence-electron chi connectivity index (χ2n) is 11.0. The molecule has 0 N–H and O–H groups in total. The Bertz CT molecular complexity index is 1030. The Morgan fingerprint density at radius 2 is 1.80 bits per heavy atom. The molecule has 164 valence electrons. The lowest BCUT2D eigenvalue weighted by Gasteiger charge is -2.38. The smallest absolute Gasteiger partial charge is 0.161 e. The van der Waals surface area contributed by atoms with Gasteiger partial charge in [0.05, 0.1) is 18.2 Å². The molecule has 0 aliphatic heterocycles. The molecule has 4 nitrogen and oxygen atoms in total. The highest BCUT2D eigenvalue weighted by Crippen LogP contribution is 2.42. The van der Waals surface area contributed by atoms with Crippen LogP contribution in [-0.2, 0) is 11.5 Å². The Hall–Kier alpha value is -1.16. The molecule has 0 amide bonds. The van der Waals surface area contributed by atoms with Crippen molar-refractivity contribution in [3.8, 4) is 11.3 Å². The van der Waals surface area contributed by atoms with Crippen LogP contribution in [0.15, 0.2) is 41.4 Å². The number of benzene rings is 1. The number of hydrogen-bond donors (Lipinski definition) is 0. The third kappa shape index (κ3) is 4.84. The molecule has 7 heteroatoms. The monoisotopic (exact) mass is 505 g/mol. The zero-order chi connectivity index (χ0) is 22.3. The molecule has 3 aromatic rings. The second kappa shape index (κ2) is 8.41. The van der Waals surface area contributed by atoms with E-state index in [4.69, 9.17) is 4.74 Å². The fourth-order valence-electron chi connectivity index (χ4n) is 3.42. The van der Waals surface area contributed by atoms with Crippen LogP contribution in [0.1, 0.15) is 20.8 Å². The van der Waals surface area contributed by atoms with Gasteiger partial charge in [-0.1, -0.05) is 75.5 Å². The molecule has 2 heterocycles. The van der Waals surface area contributed by atoms with E-state index in [1.807, 2.05) is 12.5 Å². The van der Waals surface area contributed by atoms with Crippen molar-refractivity contribution in [3.05, 3.63) is 41.4 Å². The van der Waals surface area contributed by atoms with E-state index in [2.05, 4.69) is 108 Å². The molecule has 0 saturated carbocycles. The van der Waals surface area contributed by atoms with Gasteiger partial charge in [-0.25, -0.2) is 4.98 Å². The SMILES string of the molecule is CC(C)(C)[Si](C)(C)n1cc(-c2cncn2COCC[Si](C)(C)C)c2ccc(Br)cc21. The van der Waals surface area contributed by atoms with E-state index in [0.717, 1.165) is 16.8 Å². The first-order valence-electron chi connectivity index (χ1n) is 10.7. The van der Waals surface area contributed by atoms with Crippen LogP contribution in [0.25, 0.3) is 22.2 Å². The maximum absolute atomic E-state index is 6.03. The fourth-order valence-corrected chi connectivity index (χ4v) is 6.48. The lowest BCUT2D eigenvalue weighted by atomic mass is 10.1. The van der Waals surface area contributed by atoms with Crippen LogP contribution in [0, 0.1) is 0 Å². The highest BCUT2D eigenvalue weighted by Gasteiger charge is 2.38. The molecule has 1 aromatic carbocycles. The summed E-state index contributed by atoms with van der Waals surface area (Å²) in [7, 11) is -2.88. The minimum Gasteiger partial charge on any atom is -0.373 e. The highest BCUT2D eigenvalue weighted by molar-refractivity contribution is 9.10. The quantitative estimate of drug-likeness (QED) is 0.246. The zero-order valence-corrected chi connectivity index (χ0v) is 23.3. The number of nitrogens with zero attached hydrogens (tertiary/aromatic N) is 3. The molecule has 0 saturated heterocycles. The summed E-state index contributed by atoms with van der Waals surface area (Å²) >= 11 is 3.68. The molecule has 0 aliphatic carbocycles. The van der Waals surface area contributed by atoms with Crippen molar-refractivity contribution in [2.24, 2.45) is 0 Å². The van der Waals surface area contributed by atoms with Crippen LogP contribution >= 0.6 is 15.9 Å². The Kier molecular flexibility index (Phi) is 6.59. The topological polar surface area (TPSA) is 32.0 Å². The molecule has 3 rings (SSSR count). The van der Waals surface area contributed by atoms with Gasteiger partial charge in [-0.05, 0) is 23.2 Å². The Balaban J connectivity index is 2.02. The zero-order valence-electron chi connectivity index (χ0n) is 19.7. The number of aromatic nitrogens is 3. The van der Waals surface area contributed by atoms with E-state index >= 15 is 0 Å². The van der Waals surface area contributed by atoms with Crippen molar-refractivity contribution < 1.29 is 4.74 Å². The van der Waals surface area contributed by atoms with E-state index in [0.29, 0.717) is 6.73 Å². The summed E-state index contributed by atoms with van der Waals surface area (Å²) in [4.78, 5) is 4.46. The van der Waals surface area contributed by atoms with Gasteiger partial charge in [0, 0.05) is 41.8 Å². The molecule has 0 fully saturated rings. The summed E-state index contributed by atoms with van der Waals surface area (Å²) in [5.41, 5.74) is 3.64. The lowest BCUT2D eigenvalue weighted by Crippen LogP contribution is -2.44. The number of ether oxygens (including phenoxy) is 1. The van der Waals surface area contributed by atoms with E-state index in [9.17, 15) is 0 Å². The number of imidazole rings is 1. The predicted octanol–water partition coefficient (Wildman–Crippen LogP) is 7.43. The predicted molar refractivity (Wildman–Crippen MR) is 138 cm³/mol. The van der Waals surface area contributed by atoms with Crippen molar-refractivity contribution >= 4 is 43.1 Å². The van der Waals surface area contributed by atoms with Gasteiger partial charge in [-0.3, -0.25) is 0 Å².